The van der Waals surface area contributed by atoms with Gasteiger partial charge in [-0.1, -0.05) is 62.7 Å². The molecule has 0 radical (unpaired) electrons. The van der Waals surface area contributed by atoms with Crippen molar-refractivity contribution >= 4 is 11.6 Å². The number of aromatic nitrogens is 1. The summed E-state index contributed by atoms with van der Waals surface area (Å²) in [6.45, 7) is 6.24. The van der Waals surface area contributed by atoms with Crippen LogP contribution in [0.25, 0.3) is 11.1 Å². The lowest BCUT2D eigenvalue weighted by Gasteiger charge is -2.23. The van der Waals surface area contributed by atoms with Crippen molar-refractivity contribution in [3.05, 3.63) is 84.2 Å². The second kappa shape index (κ2) is 8.63. The summed E-state index contributed by atoms with van der Waals surface area (Å²) in [6, 6.07) is 22.1. The standard InChI is InChI=1S/C24H26N2O/c1-4-17(2)23(20-8-6-5-7-9-20)24(27)26-22-12-10-19(11-13-22)21-14-15-25-18(3)16-21/h5-17,23H,4H2,1-3H3,(H,26,27). The average molecular weight is 358 g/mol. The Labute approximate surface area is 161 Å². The Hall–Kier alpha value is -2.94. The van der Waals surface area contributed by atoms with E-state index in [-0.39, 0.29) is 17.7 Å². The van der Waals surface area contributed by atoms with E-state index in [9.17, 15) is 4.79 Å². The minimum atomic E-state index is -0.154. The van der Waals surface area contributed by atoms with Gasteiger partial charge in [0.1, 0.15) is 0 Å². The highest BCUT2D eigenvalue weighted by molar-refractivity contribution is 5.96. The first-order valence-corrected chi connectivity index (χ1v) is 9.47. The maximum Gasteiger partial charge on any atom is 0.232 e. The van der Waals surface area contributed by atoms with Crippen molar-refractivity contribution in [3.63, 3.8) is 0 Å². The van der Waals surface area contributed by atoms with Crippen molar-refractivity contribution < 1.29 is 4.79 Å². The molecule has 3 heteroatoms. The highest BCUT2D eigenvalue weighted by Gasteiger charge is 2.25. The van der Waals surface area contributed by atoms with Gasteiger partial charge in [-0.05, 0) is 53.8 Å². The summed E-state index contributed by atoms with van der Waals surface area (Å²) in [5.41, 5.74) is 5.11. The van der Waals surface area contributed by atoms with Crippen LogP contribution in [-0.2, 0) is 4.79 Å². The number of pyridine rings is 1. The first kappa shape index (κ1) is 18.8. The lowest BCUT2D eigenvalue weighted by molar-refractivity contribution is -0.118. The molecule has 1 N–H and O–H groups in total. The molecular weight excluding hydrogens is 332 g/mol. The molecule has 0 bridgehead atoms. The van der Waals surface area contributed by atoms with Gasteiger partial charge in [-0.25, -0.2) is 0 Å². The van der Waals surface area contributed by atoms with Crippen LogP contribution in [0.15, 0.2) is 72.9 Å². The number of nitrogens with zero attached hydrogens (tertiary/aromatic N) is 1. The van der Waals surface area contributed by atoms with Gasteiger partial charge >= 0.3 is 0 Å². The van der Waals surface area contributed by atoms with E-state index in [2.05, 4.69) is 30.2 Å². The fourth-order valence-electron chi connectivity index (χ4n) is 3.33. The number of nitrogens with one attached hydrogen (secondary N) is 1. The second-order valence-corrected chi connectivity index (χ2v) is 7.03. The Morgan fingerprint density at radius 3 is 2.33 bits per heavy atom. The molecule has 0 aliphatic carbocycles. The van der Waals surface area contributed by atoms with E-state index in [1.54, 1.807) is 0 Å². The smallest absolute Gasteiger partial charge is 0.232 e. The van der Waals surface area contributed by atoms with Crippen LogP contribution in [-0.4, -0.2) is 10.9 Å². The number of benzene rings is 2. The summed E-state index contributed by atoms with van der Waals surface area (Å²) < 4.78 is 0. The quantitative estimate of drug-likeness (QED) is 0.603. The van der Waals surface area contributed by atoms with E-state index in [0.717, 1.165) is 34.5 Å². The number of carbonyl (C=O) groups is 1. The number of aryl methyl sites for hydroxylation is 1. The van der Waals surface area contributed by atoms with E-state index in [4.69, 9.17) is 0 Å². The van der Waals surface area contributed by atoms with Crippen LogP contribution in [0.1, 0.15) is 37.4 Å². The Kier molecular flexibility index (Phi) is 6.02. The monoisotopic (exact) mass is 358 g/mol. The van der Waals surface area contributed by atoms with Crippen molar-refractivity contribution in [3.8, 4) is 11.1 Å². The molecule has 138 valence electrons. The fourth-order valence-corrected chi connectivity index (χ4v) is 3.33. The van der Waals surface area contributed by atoms with Gasteiger partial charge in [-0.2, -0.15) is 0 Å². The normalized spacial score (nSPS) is 13.0. The van der Waals surface area contributed by atoms with E-state index in [0.29, 0.717) is 0 Å². The lowest BCUT2D eigenvalue weighted by Crippen LogP contribution is -2.26. The zero-order valence-corrected chi connectivity index (χ0v) is 16.1. The molecule has 3 rings (SSSR count). The van der Waals surface area contributed by atoms with Crippen molar-refractivity contribution in [1.29, 1.82) is 0 Å². The number of carbonyl (C=O) groups excluding carboxylic acids is 1. The minimum absolute atomic E-state index is 0.0445. The Morgan fingerprint density at radius 2 is 1.70 bits per heavy atom. The van der Waals surface area contributed by atoms with Crippen LogP contribution < -0.4 is 5.32 Å². The fraction of sp³-hybridized carbons (Fsp3) is 0.250. The van der Waals surface area contributed by atoms with Gasteiger partial charge in [0.15, 0.2) is 0 Å². The molecular formula is C24H26N2O. The summed E-state index contributed by atoms with van der Waals surface area (Å²) in [4.78, 5) is 17.2. The Morgan fingerprint density at radius 1 is 1.00 bits per heavy atom. The zero-order valence-electron chi connectivity index (χ0n) is 16.1. The van der Waals surface area contributed by atoms with E-state index in [1.165, 1.54) is 0 Å². The van der Waals surface area contributed by atoms with Crippen LogP contribution in [0.3, 0.4) is 0 Å². The first-order chi connectivity index (χ1) is 13.1. The molecule has 27 heavy (non-hydrogen) atoms. The van der Waals surface area contributed by atoms with Gasteiger partial charge in [0.05, 0.1) is 5.92 Å². The van der Waals surface area contributed by atoms with Crippen molar-refractivity contribution in [1.82, 2.24) is 4.98 Å². The predicted octanol–water partition coefficient (Wildman–Crippen LogP) is 5.83. The van der Waals surface area contributed by atoms with Crippen LogP contribution in [0, 0.1) is 12.8 Å². The minimum Gasteiger partial charge on any atom is -0.326 e. The highest BCUT2D eigenvalue weighted by atomic mass is 16.1. The number of anilines is 1. The van der Waals surface area contributed by atoms with Gasteiger partial charge < -0.3 is 5.32 Å². The molecule has 2 atom stereocenters. The van der Waals surface area contributed by atoms with Crippen LogP contribution >= 0.6 is 0 Å². The number of hydrogen-bond donors (Lipinski definition) is 1. The Balaban J connectivity index is 1.78. The summed E-state index contributed by atoms with van der Waals surface area (Å²) in [5.74, 6) is 0.160. The number of amides is 1. The topological polar surface area (TPSA) is 42.0 Å². The average Bonchev–Trinajstić information content (AvgIpc) is 2.69. The number of rotatable bonds is 6. The first-order valence-electron chi connectivity index (χ1n) is 9.47. The summed E-state index contributed by atoms with van der Waals surface area (Å²) in [6.07, 6.45) is 2.77. The summed E-state index contributed by atoms with van der Waals surface area (Å²) >= 11 is 0. The Bertz CT molecular complexity index is 888. The molecule has 1 amide bonds. The molecule has 0 fully saturated rings. The molecule has 0 spiro atoms. The van der Waals surface area contributed by atoms with Crippen molar-refractivity contribution in [2.24, 2.45) is 5.92 Å². The lowest BCUT2D eigenvalue weighted by atomic mass is 9.85. The van der Waals surface area contributed by atoms with Crippen LogP contribution in [0.4, 0.5) is 5.69 Å². The van der Waals surface area contributed by atoms with E-state index < -0.39 is 0 Å². The van der Waals surface area contributed by atoms with Gasteiger partial charge in [0.25, 0.3) is 0 Å². The van der Waals surface area contributed by atoms with Gasteiger partial charge in [0, 0.05) is 17.6 Å². The largest absolute Gasteiger partial charge is 0.326 e. The van der Waals surface area contributed by atoms with Crippen molar-refractivity contribution in [2.45, 2.75) is 33.1 Å². The molecule has 0 saturated carbocycles. The zero-order chi connectivity index (χ0) is 19.2. The molecule has 1 heterocycles. The third kappa shape index (κ3) is 4.62. The maximum atomic E-state index is 13.0. The number of hydrogen-bond acceptors (Lipinski definition) is 2. The molecule has 0 aliphatic heterocycles. The molecule has 0 saturated heterocycles. The maximum absolute atomic E-state index is 13.0. The van der Waals surface area contributed by atoms with Crippen LogP contribution in [0.5, 0.6) is 0 Å². The van der Waals surface area contributed by atoms with E-state index >= 15 is 0 Å². The van der Waals surface area contributed by atoms with Crippen LogP contribution in [0.2, 0.25) is 0 Å². The van der Waals surface area contributed by atoms with Crippen molar-refractivity contribution in [2.75, 3.05) is 5.32 Å². The van der Waals surface area contributed by atoms with Gasteiger partial charge in [-0.3, -0.25) is 9.78 Å². The predicted molar refractivity (Wildman–Crippen MR) is 112 cm³/mol. The molecule has 3 nitrogen and oxygen atoms in total. The van der Waals surface area contributed by atoms with E-state index in [1.807, 2.05) is 73.8 Å². The third-order valence-electron chi connectivity index (χ3n) is 5.04. The molecule has 0 aliphatic rings. The molecule has 2 aromatic carbocycles. The van der Waals surface area contributed by atoms with Gasteiger partial charge in [-0.15, -0.1) is 0 Å². The van der Waals surface area contributed by atoms with Gasteiger partial charge in [0.2, 0.25) is 5.91 Å². The molecule has 2 unspecified atom stereocenters. The summed E-state index contributed by atoms with van der Waals surface area (Å²) in [7, 11) is 0. The molecule has 3 aromatic rings. The third-order valence-corrected chi connectivity index (χ3v) is 5.04. The SMILES string of the molecule is CCC(C)C(C(=O)Nc1ccc(-c2ccnc(C)c2)cc1)c1ccccc1. The summed E-state index contributed by atoms with van der Waals surface area (Å²) in [5, 5.41) is 3.09. The second-order valence-electron chi connectivity index (χ2n) is 7.03. The molecule has 1 aromatic heterocycles. The highest BCUT2D eigenvalue weighted by Crippen LogP contribution is 2.29.